The summed E-state index contributed by atoms with van der Waals surface area (Å²) in [7, 11) is 1.75. The second-order valence-electron chi connectivity index (χ2n) is 4.67. The molecule has 1 unspecified atom stereocenters. The number of hydrogen-bond acceptors (Lipinski definition) is 3. The van der Waals surface area contributed by atoms with Gasteiger partial charge in [0.25, 0.3) is 0 Å². The van der Waals surface area contributed by atoms with E-state index in [9.17, 15) is 14.0 Å². The van der Waals surface area contributed by atoms with Crippen molar-refractivity contribution in [2.24, 2.45) is 7.05 Å². The van der Waals surface area contributed by atoms with Crippen molar-refractivity contribution in [3.63, 3.8) is 0 Å². The standard InChI is InChI=1S/C13H12FN3O2/c1-17-10-4-2-7(14)6-9(10)12(16-17)8-3-5-11(18)15-13(8)19/h2,4,6,8H,3,5H2,1H3,(H,15,18,19). The maximum atomic E-state index is 13.4. The van der Waals surface area contributed by atoms with Crippen molar-refractivity contribution in [1.29, 1.82) is 0 Å². The number of benzene rings is 1. The molecule has 2 aromatic rings. The summed E-state index contributed by atoms with van der Waals surface area (Å²) in [6.07, 6.45) is 0.692. The van der Waals surface area contributed by atoms with Crippen LogP contribution in [0.4, 0.5) is 4.39 Å². The van der Waals surface area contributed by atoms with E-state index in [1.54, 1.807) is 17.8 Å². The molecule has 98 valence electrons. The monoisotopic (exact) mass is 261 g/mol. The van der Waals surface area contributed by atoms with Crippen molar-refractivity contribution >= 4 is 22.7 Å². The number of nitrogens with zero attached hydrogens (tertiary/aromatic N) is 2. The number of imide groups is 1. The van der Waals surface area contributed by atoms with E-state index in [1.807, 2.05) is 0 Å². The van der Waals surface area contributed by atoms with Crippen molar-refractivity contribution in [2.45, 2.75) is 18.8 Å². The summed E-state index contributed by atoms with van der Waals surface area (Å²) < 4.78 is 15.0. The van der Waals surface area contributed by atoms with Gasteiger partial charge in [-0.25, -0.2) is 4.39 Å². The minimum absolute atomic E-state index is 0.271. The maximum absolute atomic E-state index is 13.4. The molecule has 1 fully saturated rings. The zero-order valence-electron chi connectivity index (χ0n) is 10.3. The fourth-order valence-corrected chi connectivity index (χ4v) is 2.48. The van der Waals surface area contributed by atoms with E-state index in [-0.39, 0.29) is 24.1 Å². The number of carbonyl (C=O) groups excluding carboxylic acids is 2. The molecule has 3 rings (SSSR count). The lowest BCUT2D eigenvalue weighted by Crippen LogP contribution is -2.39. The van der Waals surface area contributed by atoms with Gasteiger partial charge in [-0.05, 0) is 24.6 Å². The molecule has 0 radical (unpaired) electrons. The van der Waals surface area contributed by atoms with Gasteiger partial charge >= 0.3 is 0 Å². The summed E-state index contributed by atoms with van der Waals surface area (Å²) in [5.74, 6) is -1.49. The number of piperidine rings is 1. The van der Waals surface area contributed by atoms with Crippen molar-refractivity contribution in [2.75, 3.05) is 0 Å². The molecule has 2 amide bonds. The number of aromatic nitrogens is 2. The first-order valence-electron chi connectivity index (χ1n) is 6.02. The molecule has 0 aliphatic carbocycles. The number of amides is 2. The number of nitrogens with one attached hydrogen (secondary N) is 1. The van der Waals surface area contributed by atoms with Gasteiger partial charge in [0, 0.05) is 18.9 Å². The fraction of sp³-hybridized carbons (Fsp3) is 0.308. The first-order chi connectivity index (χ1) is 9.06. The number of fused-ring (bicyclic) bond motifs is 1. The van der Waals surface area contributed by atoms with Crippen LogP contribution < -0.4 is 5.32 Å². The largest absolute Gasteiger partial charge is 0.296 e. The molecule has 6 heteroatoms. The Morgan fingerprint density at radius 2 is 2.21 bits per heavy atom. The van der Waals surface area contributed by atoms with Gasteiger partial charge in [0.15, 0.2) is 0 Å². The van der Waals surface area contributed by atoms with E-state index in [0.717, 1.165) is 5.52 Å². The average molecular weight is 261 g/mol. The third kappa shape index (κ3) is 1.89. The van der Waals surface area contributed by atoms with E-state index >= 15 is 0 Å². The topological polar surface area (TPSA) is 64.0 Å². The molecule has 5 nitrogen and oxygen atoms in total. The molecule has 1 aromatic carbocycles. The molecular weight excluding hydrogens is 249 g/mol. The van der Waals surface area contributed by atoms with E-state index in [2.05, 4.69) is 10.4 Å². The predicted molar refractivity (Wildman–Crippen MR) is 65.8 cm³/mol. The van der Waals surface area contributed by atoms with Crippen LogP contribution in [0.5, 0.6) is 0 Å². The molecular formula is C13H12FN3O2. The van der Waals surface area contributed by atoms with Crippen LogP contribution in [0.2, 0.25) is 0 Å². The number of aryl methyl sites for hydroxylation is 1. The molecule has 0 bridgehead atoms. The van der Waals surface area contributed by atoms with Gasteiger partial charge in [-0.15, -0.1) is 0 Å². The minimum Gasteiger partial charge on any atom is -0.296 e. The molecule has 0 saturated carbocycles. The molecule has 19 heavy (non-hydrogen) atoms. The van der Waals surface area contributed by atoms with Gasteiger partial charge in [0.05, 0.1) is 17.1 Å². The number of halogens is 1. The highest BCUT2D eigenvalue weighted by atomic mass is 19.1. The van der Waals surface area contributed by atoms with Crippen LogP contribution in [0.1, 0.15) is 24.5 Å². The lowest BCUT2D eigenvalue weighted by atomic mass is 9.93. The third-order valence-corrected chi connectivity index (χ3v) is 3.41. The number of hydrogen-bond donors (Lipinski definition) is 1. The van der Waals surface area contributed by atoms with Crippen LogP contribution >= 0.6 is 0 Å². The van der Waals surface area contributed by atoms with Gasteiger partial charge < -0.3 is 0 Å². The minimum atomic E-state index is -0.497. The second-order valence-corrected chi connectivity index (χ2v) is 4.67. The first-order valence-corrected chi connectivity index (χ1v) is 6.02. The smallest absolute Gasteiger partial charge is 0.235 e. The maximum Gasteiger partial charge on any atom is 0.235 e. The Hall–Kier alpha value is -2.24. The Morgan fingerprint density at radius 1 is 1.42 bits per heavy atom. The van der Waals surface area contributed by atoms with E-state index in [4.69, 9.17) is 0 Å². The highest BCUT2D eigenvalue weighted by Crippen LogP contribution is 2.30. The molecule has 1 atom stereocenters. The van der Waals surface area contributed by atoms with Crippen LogP contribution in [-0.4, -0.2) is 21.6 Å². The molecule has 0 spiro atoms. The lowest BCUT2D eigenvalue weighted by molar-refractivity contribution is -0.134. The Labute approximate surface area is 108 Å². The van der Waals surface area contributed by atoms with Gasteiger partial charge in [0.1, 0.15) is 5.82 Å². The second kappa shape index (κ2) is 4.15. The van der Waals surface area contributed by atoms with Gasteiger partial charge in [0.2, 0.25) is 11.8 Å². The van der Waals surface area contributed by atoms with Crippen molar-refractivity contribution < 1.29 is 14.0 Å². The highest BCUT2D eigenvalue weighted by molar-refractivity contribution is 6.02. The normalized spacial score (nSPS) is 19.8. The van der Waals surface area contributed by atoms with E-state index in [0.29, 0.717) is 17.5 Å². The Morgan fingerprint density at radius 3 is 2.95 bits per heavy atom. The summed E-state index contributed by atoms with van der Waals surface area (Å²) in [5, 5.41) is 7.23. The summed E-state index contributed by atoms with van der Waals surface area (Å²) in [6.45, 7) is 0. The molecule has 1 N–H and O–H groups in total. The van der Waals surface area contributed by atoms with Crippen LogP contribution in [0, 0.1) is 5.82 Å². The van der Waals surface area contributed by atoms with Gasteiger partial charge in [-0.1, -0.05) is 0 Å². The highest BCUT2D eigenvalue weighted by Gasteiger charge is 2.31. The molecule has 2 heterocycles. The van der Waals surface area contributed by atoms with Crippen molar-refractivity contribution in [3.05, 3.63) is 29.7 Å². The third-order valence-electron chi connectivity index (χ3n) is 3.41. The first kappa shape index (κ1) is 11.8. The van der Waals surface area contributed by atoms with Crippen LogP contribution in [0.25, 0.3) is 10.9 Å². The summed E-state index contributed by atoms with van der Waals surface area (Å²) in [4.78, 5) is 23.0. The Bertz CT molecular complexity index is 692. The molecule has 1 aliphatic heterocycles. The van der Waals surface area contributed by atoms with Gasteiger partial charge in [-0.3, -0.25) is 19.6 Å². The number of carbonyl (C=O) groups is 2. The van der Waals surface area contributed by atoms with Crippen LogP contribution in [0.15, 0.2) is 18.2 Å². The summed E-state index contributed by atoms with van der Waals surface area (Å²) in [6, 6.07) is 4.37. The summed E-state index contributed by atoms with van der Waals surface area (Å²) >= 11 is 0. The fourth-order valence-electron chi connectivity index (χ4n) is 2.48. The average Bonchev–Trinajstić information content (AvgIpc) is 2.66. The molecule has 1 aliphatic rings. The predicted octanol–water partition coefficient (Wildman–Crippen LogP) is 1.23. The van der Waals surface area contributed by atoms with E-state index < -0.39 is 5.92 Å². The summed E-state index contributed by atoms with van der Waals surface area (Å²) in [5.41, 5.74) is 1.29. The van der Waals surface area contributed by atoms with Crippen molar-refractivity contribution in [1.82, 2.24) is 15.1 Å². The van der Waals surface area contributed by atoms with Gasteiger partial charge in [-0.2, -0.15) is 5.10 Å². The Kier molecular flexibility index (Phi) is 2.58. The van der Waals surface area contributed by atoms with E-state index in [1.165, 1.54) is 12.1 Å². The Balaban J connectivity index is 2.12. The lowest BCUT2D eigenvalue weighted by Gasteiger charge is -2.19. The zero-order valence-corrected chi connectivity index (χ0v) is 10.3. The number of rotatable bonds is 1. The van der Waals surface area contributed by atoms with Crippen LogP contribution in [-0.2, 0) is 16.6 Å². The quantitative estimate of drug-likeness (QED) is 0.785. The SMILES string of the molecule is Cn1nc(C2CCC(=O)NC2=O)c2cc(F)ccc21. The zero-order chi connectivity index (χ0) is 13.6. The van der Waals surface area contributed by atoms with Crippen LogP contribution in [0.3, 0.4) is 0 Å². The van der Waals surface area contributed by atoms with Crippen molar-refractivity contribution in [3.8, 4) is 0 Å². The molecule has 1 aromatic heterocycles. The molecule has 1 saturated heterocycles.